The van der Waals surface area contributed by atoms with E-state index in [0.29, 0.717) is 25.7 Å². The fourth-order valence-electron chi connectivity index (χ4n) is 16.0. The molecule has 4 amide bonds. The average molecular weight is 1590 g/mol. The molecule has 0 unspecified atom stereocenters. The van der Waals surface area contributed by atoms with E-state index in [1.54, 1.807) is 53.7 Å². The maximum atomic E-state index is 15.1. The number of esters is 2. The number of allylic oxidation sites excluding steroid dienone is 2. The van der Waals surface area contributed by atoms with Crippen molar-refractivity contribution in [3.8, 4) is 22.3 Å². The molecule has 114 heavy (non-hydrogen) atoms. The normalized spacial score (nSPS) is 24.0. The SMILES string of the molecule is C=C[C@@H]1C[C@]1(CC(=O)[C@@H]1C[C@@](OCc2ccccc2)(c2ccc(-c3ccccc3)cc2)CN1C(=O)[C@@H](CC(=O)OC(C)(C)C)C(C)(C)C)C(=O)NS(=O)(=O)C1CC1.C=C[C@@H]1C[C@]1(CC(=O)[C@H]1C[C@@](OCc2ccccc2)(c2ccc(-c3ccccc3)cc2)CN1C(=O)[C@@H](CC(=O)OC(C)(C)C)C(C)(C)C)C(=O)NS(=O)(=O)C1CC1. The maximum Gasteiger partial charge on any atom is 0.307 e. The van der Waals surface area contributed by atoms with Crippen LogP contribution in [0.3, 0.4) is 0 Å². The molecule has 4 aliphatic carbocycles. The van der Waals surface area contributed by atoms with Crippen molar-refractivity contribution in [2.45, 2.75) is 218 Å². The number of hydrogen-bond donors (Lipinski definition) is 2. The van der Waals surface area contributed by atoms with Gasteiger partial charge in [0, 0.05) is 25.7 Å². The van der Waals surface area contributed by atoms with Crippen LogP contribution in [0.25, 0.3) is 22.3 Å². The Balaban J connectivity index is 0.000000225. The Morgan fingerprint density at radius 2 is 0.737 bits per heavy atom. The molecule has 2 aliphatic heterocycles. The zero-order valence-corrected chi connectivity index (χ0v) is 69.5. The highest BCUT2D eigenvalue weighted by atomic mass is 32.2. The van der Waals surface area contributed by atoms with Crippen molar-refractivity contribution in [3.63, 3.8) is 0 Å². The van der Waals surface area contributed by atoms with Gasteiger partial charge < -0.3 is 28.7 Å². The number of hydrogen-bond acceptors (Lipinski definition) is 16. The van der Waals surface area contributed by atoms with E-state index in [4.69, 9.17) is 18.9 Å². The third-order valence-corrected chi connectivity index (χ3v) is 26.7. The second-order valence-electron chi connectivity index (χ2n) is 36.3. The third kappa shape index (κ3) is 20.3. The number of sulfonamides is 2. The topological polar surface area (TPSA) is 272 Å². The Labute approximate surface area is 673 Å². The van der Waals surface area contributed by atoms with Crippen molar-refractivity contribution in [1.29, 1.82) is 0 Å². The summed E-state index contributed by atoms with van der Waals surface area (Å²) in [7, 11) is -7.76. The molecule has 0 spiro atoms. The second-order valence-corrected chi connectivity index (χ2v) is 40.2. The van der Waals surface area contributed by atoms with Crippen LogP contribution < -0.4 is 9.44 Å². The molecular weight excluding hydrogens is 1480 g/mol. The highest BCUT2D eigenvalue weighted by molar-refractivity contribution is 7.91. The fraction of sp³-hybridized carbons (Fsp3) is 0.478. The molecule has 6 aromatic carbocycles. The Hall–Kier alpha value is -9.22. The van der Waals surface area contributed by atoms with Gasteiger partial charge in [-0.05, 0) is 147 Å². The van der Waals surface area contributed by atoms with Gasteiger partial charge in [0.25, 0.3) is 0 Å². The quantitative estimate of drug-likeness (QED) is 0.0313. The van der Waals surface area contributed by atoms with Crippen LogP contribution in [0, 0.1) is 45.3 Å². The standard InChI is InChI=1S/2C46H56N2O8S/c2*1-8-34-26-45(34,42(52)47-57(53,54)36-23-24-36)28-39(49)38-27-46(55-29-31-15-11-9-12-16-31,35-21-19-33(20-22-35)32-17-13-10-14-18-32)30-48(38)41(51)37(43(2,3)4)25-40(50)56-44(5,6)7/h2*8-22,34,36-38H,1,23-30H2,2-7H3,(H,47,52)/t34-,37-,38+,45-,46+;34-,37-,38-,45-,46+/m11/s1. The molecule has 0 aromatic heterocycles. The molecule has 6 fully saturated rings. The van der Waals surface area contributed by atoms with Gasteiger partial charge in [-0.15, -0.1) is 13.2 Å². The Kier molecular flexibility index (Phi) is 25.2. The minimum Gasteiger partial charge on any atom is -0.460 e. The number of rotatable bonds is 30. The van der Waals surface area contributed by atoms with Gasteiger partial charge in [0.15, 0.2) is 11.6 Å². The summed E-state index contributed by atoms with van der Waals surface area (Å²) in [4.78, 5) is 117. The Morgan fingerprint density at radius 1 is 0.439 bits per heavy atom. The van der Waals surface area contributed by atoms with Crippen molar-refractivity contribution in [2.24, 2.45) is 45.3 Å². The van der Waals surface area contributed by atoms with E-state index < -0.39 is 146 Å². The van der Waals surface area contributed by atoms with Gasteiger partial charge in [0.1, 0.15) is 22.4 Å². The molecule has 0 radical (unpaired) electrons. The summed E-state index contributed by atoms with van der Waals surface area (Å²) in [6.07, 6.45) is 4.78. The van der Waals surface area contributed by atoms with Crippen molar-refractivity contribution in [3.05, 3.63) is 217 Å². The van der Waals surface area contributed by atoms with Gasteiger partial charge in [0.2, 0.25) is 43.7 Å². The lowest BCUT2D eigenvalue weighted by molar-refractivity contribution is -0.161. The molecule has 12 rings (SSSR count). The highest BCUT2D eigenvalue weighted by Crippen LogP contribution is 2.59. The molecule has 2 saturated heterocycles. The molecule has 0 bridgehead atoms. The number of Topliss-reactive ketones (excluding diaryl/α,β-unsaturated/α-hetero) is 2. The summed E-state index contributed by atoms with van der Waals surface area (Å²) in [5, 5.41) is -1.24. The highest BCUT2D eigenvalue weighted by Gasteiger charge is 2.65. The van der Waals surface area contributed by atoms with Crippen molar-refractivity contribution in [1.82, 2.24) is 19.2 Å². The number of benzene rings is 6. The molecule has 10 atom stereocenters. The van der Waals surface area contributed by atoms with Crippen LogP contribution in [0.1, 0.15) is 182 Å². The van der Waals surface area contributed by atoms with Crippen molar-refractivity contribution < 1.29 is 74.1 Å². The summed E-state index contributed by atoms with van der Waals surface area (Å²) >= 11 is 0. The second kappa shape index (κ2) is 33.5. The van der Waals surface area contributed by atoms with E-state index in [1.165, 1.54) is 9.80 Å². The zero-order valence-electron chi connectivity index (χ0n) is 67.9. The first-order valence-corrected chi connectivity index (χ1v) is 42.8. The smallest absolute Gasteiger partial charge is 0.307 e. The number of ether oxygens (including phenoxy) is 4. The van der Waals surface area contributed by atoms with Crippen LogP contribution in [0.4, 0.5) is 0 Å². The number of carbonyl (C=O) groups excluding carboxylic acids is 8. The molecule has 4 saturated carbocycles. The zero-order chi connectivity index (χ0) is 82.8. The third-order valence-electron chi connectivity index (χ3n) is 23.1. The maximum absolute atomic E-state index is 15.1. The fourth-order valence-corrected chi connectivity index (χ4v) is 18.8. The molecule has 2 N–H and O–H groups in total. The number of ketones is 2. The van der Waals surface area contributed by atoms with E-state index in [-0.39, 0.29) is 89.2 Å². The average Bonchev–Trinajstić information content (AvgIpc) is 1.57. The summed E-state index contributed by atoms with van der Waals surface area (Å²) in [5.41, 5.74) is -0.544. The van der Waals surface area contributed by atoms with Gasteiger partial charge in [-0.3, -0.25) is 47.8 Å². The van der Waals surface area contributed by atoms with Gasteiger partial charge in [0.05, 0.1) is 84.4 Å². The van der Waals surface area contributed by atoms with Crippen LogP contribution in [0.15, 0.2) is 195 Å². The predicted molar refractivity (Wildman–Crippen MR) is 438 cm³/mol. The Morgan fingerprint density at radius 3 is 1.01 bits per heavy atom. The number of nitrogens with zero attached hydrogens (tertiary/aromatic N) is 2. The van der Waals surface area contributed by atoms with Crippen LogP contribution >= 0.6 is 0 Å². The number of likely N-dealkylation sites (tertiary alicyclic amines) is 2. The predicted octanol–water partition coefficient (Wildman–Crippen LogP) is 15.0. The monoisotopic (exact) mass is 1590 g/mol. The summed E-state index contributed by atoms with van der Waals surface area (Å²) < 4.78 is 81.3. The summed E-state index contributed by atoms with van der Waals surface area (Å²) in [6.45, 7) is 30.0. The van der Waals surface area contributed by atoms with Crippen molar-refractivity contribution >= 4 is 67.2 Å². The first-order valence-electron chi connectivity index (χ1n) is 39.7. The molecular formula is C92H112N4O16S2. The number of nitrogens with one attached hydrogen (secondary N) is 2. The molecule has 6 aliphatic rings. The van der Waals surface area contributed by atoms with Crippen LogP contribution in [-0.2, 0) is 102 Å². The van der Waals surface area contributed by atoms with Gasteiger partial charge in [-0.2, -0.15) is 0 Å². The molecule has 20 nitrogen and oxygen atoms in total. The first kappa shape index (κ1) is 85.7. The van der Waals surface area contributed by atoms with Crippen molar-refractivity contribution in [2.75, 3.05) is 13.1 Å². The molecule has 608 valence electrons. The molecule has 6 aromatic rings. The van der Waals surface area contributed by atoms with E-state index in [1.807, 2.05) is 211 Å². The van der Waals surface area contributed by atoms with Gasteiger partial charge >= 0.3 is 11.9 Å². The Bertz CT molecular complexity index is 4470. The lowest BCUT2D eigenvalue weighted by Gasteiger charge is -2.36. The number of amides is 4. The van der Waals surface area contributed by atoms with E-state index in [2.05, 4.69) is 22.6 Å². The minimum absolute atomic E-state index is 0.000792. The van der Waals surface area contributed by atoms with E-state index in [9.17, 15) is 45.6 Å². The first-order chi connectivity index (χ1) is 53.5. The van der Waals surface area contributed by atoms with Crippen LogP contribution in [0.2, 0.25) is 0 Å². The number of carbonyl (C=O) groups is 8. The van der Waals surface area contributed by atoms with E-state index >= 15 is 9.59 Å². The lowest BCUT2D eigenvalue weighted by atomic mass is 9.77. The molecule has 2 heterocycles. The van der Waals surface area contributed by atoms with E-state index in [0.717, 1.165) is 44.5 Å². The van der Waals surface area contributed by atoms with Crippen LogP contribution in [-0.4, -0.2) is 121 Å². The van der Waals surface area contributed by atoms with Gasteiger partial charge in [-0.25, -0.2) is 16.8 Å². The lowest BCUT2D eigenvalue weighted by Crippen LogP contribution is -2.49. The summed E-state index contributed by atoms with van der Waals surface area (Å²) in [6, 6.07) is 52.9. The minimum atomic E-state index is -3.88. The van der Waals surface area contributed by atoms with Crippen LogP contribution in [0.5, 0.6) is 0 Å². The summed E-state index contributed by atoms with van der Waals surface area (Å²) in [5.74, 6) is -6.63. The largest absolute Gasteiger partial charge is 0.460 e. The molecule has 22 heteroatoms. The van der Waals surface area contributed by atoms with Gasteiger partial charge in [-0.1, -0.05) is 224 Å².